The number of urea groups is 1. The molecule has 2 rings (SSSR count). The van der Waals surface area contributed by atoms with Gasteiger partial charge in [0.05, 0.1) is 6.54 Å². The third-order valence-electron chi connectivity index (χ3n) is 3.18. The lowest BCUT2D eigenvalue weighted by molar-refractivity contribution is -0.123. The molecule has 2 heterocycles. The standard InChI is InChI=1S/C12H17N3O2S/c13-11(16)9-3-5-15(6-4-9)12(17)14-8-10-2-1-7-18-10/h1-2,7,9H,3-6,8H2,(H2,13,16)(H,14,17). The number of piperidine rings is 1. The maximum Gasteiger partial charge on any atom is 0.317 e. The average molecular weight is 267 g/mol. The Morgan fingerprint density at radius 2 is 2.17 bits per heavy atom. The molecule has 0 unspecified atom stereocenters. The molecular weight excluding hydrogens is 250 g/mol. The van der Waals surface area contributed by atoms with Crippen molar-refractivity contribution in [1.82, 2.24) is 10.2 Å². The van der Waals surface area contributed by atoms with Crippen LogP contribution in [0.4, 0.5) is 4.79 Å². The Hall–Kier alpha value is -1.56. The summed E-state index contributed by atoms with van der Waals surface area (Å²) in [7, 11) is 0. The highest BCUT2D eigenvalue weighted by Crippen LogP contribution is 2.16. The van der Waals surface area contributed by atoms with Crippen LogP contribution in [0.15, 0.2) is 17.5 Å². The summed E-state index contributed by atoms with van der Waals surface area (Å²) in [6.07, 6.45) is 1.34. The quantitative estimate of drug-likeness (QED) is 0.862. The van der Waals surface area contributed by atoms with Gasteiger partial charge in [-0.15, -0.1) is 11.3 Å². The van der Waals surface area contributed by atoms with Gasteiger partial charge in [-0.1, -0.05) is 6.07 Å². The molecule has 0 aromatic carbocycles. The number of nitrogens with one attached hydrogen (secondary N) is 1. The Bertz CT molecular complexity index is 411. The normalized spacial score (nSPS) is 16.6. The van der Waals surface area contributed by atoms with E-state index in [1.807, 2.05) is 17.5 Å². The molecule has 0 atom stereocenters. The summed E-state index contributed by atoms with van der Waals surface area (Å²) in [6.45, 7) is 1.76. The molecule has 0 spiro atoms. The van der Waals surface area contributed by atoms with E-state index in [4.69, 9.17) is 5.73 Å². The molecule has 1 aromatic rings. The molecule has 1 aliphatic rings. The van der Waals surface area contributed by atoms with Crippen LogP contribution in [0.25, 0.3) is 0 Å². The van der Waals surface area contributed by atoms with Gasteiger partial charge in [0.25, 0.3) is 0 Å². The van der Waals surface area contributed by atoms with Crippen LogP contribution in [0.5, 0.6) is 0 Å². The molecule has 1 fully saturated rings. The second-order valence-electron chi connectivity index (χ2n) is 4.40. The summed E-state index contributed by atoms with van der Waals surface area (Å²) in [6, 6.07) is 3.89. The highest BCUT2D eigenvalue weighted by molar-refractivity contribution is 7.09. The molecule has 98 valence electrons. The van der Waals surface area contributed by atoms with E-state index in [9.17, 15) is 9.59 Å². The number of nitrogens with two attached hydrogens (primary N) is 1. The predicted molar refractivity (Wildman–Crippen MR) is 70.0 cm³/mol. The van der Waals surface area contributed by atoms with E-state index in [-0.39, 0.29) is 17.9 Å². The molecule has 18 heavy (non-hydrogen) atoms. The Morgan fingerprint density at radius 3 is 2.72 bits per heavy atom. The second-order valence-corrected chi connectivity index (χ2v) is 5.43. The van der Waals surface area contributed by atoms with Gasteiger partial charge in [0.2, 0.25) is 5.91 Å². The molecule has 1 aromatic heterocycles. The number of rotatable bonds is 3. The molecular formula is C12H17N3O2S. The number of hydrogen-bond donors (Lipinski definition) is 2. The van der Waals surface area contributed by atoms with Gasteiger partial charge < -0.3 is 16.0 Å². The minimum Gasteiger partial charge on any atom is -0.369 e. The summed E-state index contributed by atoms with van der Waals surface area (Å²) in [4.78, 5) is 25.8. The molecule has 0 radical (unpaired) electrons. The van der Waals surface area contributed by atoms with Crippen molar-refractivity contribution in [2.75, 3.05) is 13.1 Å². The maximum atomic E-state index is 11.9. The van der Waals surface area contributed by atoms with Crippen molar-refractivity contribution in [1.29, 1.82) is 0 Å². The van der Waals surface area contributed by atoms with Crippen LogP contribution in [-0.4, -0.2) is 29.9 Å². The van der Waals surface area contributed by atoms with Crippen LogP contribution in [0.3, 0.4) is 0 Å². The number of amides is 3. The molecule has 0 aliphatic carbocycles. The van der Waals surface area contributed by atoms with Crippen molar-refractivity contribution < 1.29 is 9.59 Å². The monoisotopic (exact) mass is 267 g/mol. The molecule has 1 aliphatic heterocycles. The van der Waals surface area contributed by atoms with Crippen LogP contribution < -0.4 is 11.1 Å². The highest BCUT2D eigenvalue weighted by atomic mass is 32.1. The van der Waals surface area contributed by atoms with Gasteiger partial charge in [-0.25, -0.2) is 4.79 Å². The van der Waals surface area contributed by atoms with Gasteiger partial charge in [-0.2, -0.15) is 0 Å². The van der Waals surface area contributed by atoms with Crippen LogP contribution in [-0.2, 0) is 11.3 Å². The smallest absolute Gasteiger partial charge is 0.317 e. The SMILES string of the molecule is NC(=O)C1CCN(C(=O)NCc2cccs2)CC1. The summed E-state index contributed by atoms with van der Waals surface area (Å²) >= 11 is 1.62. The number of likely N-dealkylation sites (tertiary alicyclic amines) is 1. The first-order valence-corrected chi connectivity index (χ1v) is 6.89. The van der Waals surface area contributed by atoms with Crippen molar-refractivity contribution >= 4 is 23.3 Å². The fraction of sp³-hybridized carbons (Fsp3) is 0.500. The fourth-order valence-corrected chi connectivity index (χ4v) is 2.70. The van der Waals surface area contributed by atoms with Crippen molar-refractivity contribution in [3.8, 4) is 0 Å². The van der Waals surface area contributed by atoms with E-state index in [1.54, 1.807) is 16.2 Å². The molecule has 1 saturated heterocycles. The Labute approximate surface area is 110 Å². The molecule has 3 amide bonds. The average Bonchev–Trinajstić information content (AvgIpc) is 2.89. The Kier molecular flexibility index (Phi) is 4.19. The lowest BCUT2D eigenvalue weighted by atomic mass is 9.96. The van der Waals surface area contributed by atoms with Crippen LogP contribution >= 0.6 is 11.3 Å². The minimum absolute atomic E-state index is 0.0636. The zero-order chi connectivity index (χ0) is 13.0. The lowest BCUT2D eigenvalue weighted by Crippen LogP contribution is -2.46. The van der Waals surface area contributed by atoms with Gasteiger partial charge in [0.1, 0.15) is 0 Å². The number of carbonyl (C=O) groups excluding carboxylic acids is 2. The van der Waals surface area contributed by atoms with Gasteiger partial charge in [-0.05, 0) is 24.3 Å². The van der Waals surface area contributed by atoms with E-state index in [0.717, 1.165) is 4.88 Å². The number of thiophene rings is 1. The first kappa shape index (κ1) is 12.9. The Balaban J connectivity index is 1.75. The number of primary amides is 1. The number of carbonyl (C=O) groups is 2. The zero-order valence-electron chi connectivity index (χ0n) is 10.1. The maximum absolute atomic E-state index is 11.9. The van der Waals surface area contributed by atoms with E-state index >= 15 is 0 Å². The van der Waals surface area contributed by atoms with Gasteiger partial charge >= 0.3 is 6.03 Å². The van der Waals surface area contributed by atoms with E-state index in [1.165, 1.54) is 0 Å². The van der Waals surface area contributed by atoms with Crippen molar-refractivity contribution in [3.63, 3.8) is 0 Å². The zero-order valence-corrected chi connectivity index (χ0v) is 10.9. The van der Waals surface area contributed by atoms with Crippen LogP contribution in [0, 0.1) is 5.92 Å². The van der Waals surface area contributed by atoms with Crippen molar-refractivity contribution in [3.05, 3.63) is 22.4 Å². The molecule has 3 N–H and O–H groups in total. The summed E-state index contributed by atoms with van der Waals surface area (Å²) in [5, 5.41) is 4.87. The van der Waals surface area contributed by atoms with Gasteiger partial charge in [-0.3, -0.25) is 4.79 Å². The second kappa shape index (κ2) is 5.86. The lowest BCUT2D eigenvalue weighted by Gasteiger charge is -2.30. The van der Waals surface area contributed by atoms with E-state index in [0.29, 0.717) is 32.5 Å². The van der Waals surface area contributed by atoms with Gasteiger partial charge in [0, 0.05) is 23.9 Å². The molecule has 0 saturated carbocycles. The van der Waals surface area contributed by atoms with Crippen molar-refractivity contribution in [2.24, 2.45) is 11.7 Å². The highest BCUT2D eigenvalue weighted by Gasteiger charge is 2.25. The van der Waals surface area contributed by atoms with Crippen LogP contribution in [0.2, 0.25) is 0 Å². The summed E-state index contributed by atoms with van der Waals surface area (Å²) < 4.78 is 0. The topological polar surface area (TPSA) is 75.4 Å². The number of hydrogen-bond acceptors (Lipinski definition) is 3. The summed E-state index contributed by atoms with van der Waals surface area (Å²) in [5.41, 5.74) is 5.25. The van der Waals surface area contributed by atoms with E-state index in [2.05, 4.69) is 5.32 Å². The van der Waals surface area contributed by atoms with Gasteiger partial charge in [0.15, 0.2) is 0 Å². The molecule has 6 heteroatoms. The Morgan fingerprint density at radius 1 is 1.44 bits per heavy atom. The molecule has 0 bridgehead atoms. The fourth-order valence-electron chi connectivity index (χ4n) is 2.05. The third kappa shape index (κ3) is 3.22. The van der Waals surface area contributed by atoms with Crippen LogP contribution in [0.1, 0.15) is 17.7 Å². The largest absolute Gasteiger partial charge is 0.369 e. The summed E-state index contributed by atoms with van der Waals surface area (Å²) in [5.74, 6) is -0.333. The predicted octanol–water partition coefficient (Wildman–Crippen LogP) is 1.15. The molecule has 5 nitrogen and oxygen atoms in total. The minimum atomic E-state index is -0.256. The number of nitrogens with zero attached hydrogens (tertiary/aromatic N) is 1. The first-order valence-electron chi connectivity index (χ1n) is 6.01. The van der Waals surface area contributed by atoms with Crippen molar-refractivity contribution in [2.45, 2.75) is 19.4 Å². The first-order chi connectivity index (χ1) is 8.66. The van der Waals surface area contributed by atoms with E-state index < -0.39 is 0 Å². The third-order valence-corrected chi connectivity index (χ3v) is 4.05.